The summed E-state index contributed by atoms with van der Waals surface area (Å²) in [5, 5.41) is 3.64. The number of rotatable bonds is 6. The highest BCUT2D eigenvalue weighted by molar-refractivity contribution is 7.99. The number of nitrogens with one attached hydrogen (secondary N) is 1. The van der Waals surface area contributed by atoms with Crippen LogP contribution in [0.3, 0.4) is 0 Å². The fourth-order valence-corrected chi connectivity index (χ4v) is 2.84. The lowest BCUT2D eigenvalue weighted by atomic mass is 10.1. The number of fused-ring (bicyclic) bond motifs is 1. The number of hydrogen-bond acceptors (Lipinski definition) is 2. The summed E-state index contributed by atoms with van der Waals surface area (Å²) >= 11 is 1.94. The molecule has 0 saturated heterocycles. The second kappa shape index (κ2) is 6.12. The van der Waals surface area contributed by atoms with Crippen LogP contribution in [-0.2, 0) is 6.42 Å². The standard InChI is InChI=1S/C14H19NS/c1-2-10-16-11-9-15-14-8-7-12-5-3-4-6-13(12)14/h2-6,14-15H,1,7-11H2. The monoisotopic (exact) mass is 233 g/mol. The number of benzene rings is 1. The van der Waals surface area contributed by atoms with Gasteiger partial charge in [0, 0.05) is 24.1 Å². The number of thioether (sulfide) groups is 1. The van der Waals surface area contributed by atoms with E-state index in [-0.39, 0.29) is 0 Å². The highest BCUT2D eigenvalue weighted by atomic mass is 32.2. The molecule has 0 fully saturated rings. The maximum absolute atomic E-state index is 3.72. The Morgan fingerprint density at radius 3 is 3.19 bits per heavy atom. The van der Waals surface area contributed by atoms with Crippen LogP contribution >= 0.6 is 11.8 Å². The van der Waals surface area contributed by atoms with Gasteiger partial charge in [-0.3, -0.25) is 0 Å². The van der Waals surface area contributed by atoms with E-state index in [1.807, 2.05) is 17.8 Å². The van der Waals surface area contributed by atoms with E-state index in [2.05, 4.69) is 36.2 Å². The van der Waals surface area contributed by atoms with Crippen LogP contribution in [0.5, 0.6) is 0 Å². The normalized spacial score (nSPS) is 18.4. The van der Waals surface area contributed by atoms with Crippen molar-refractivity contribution in [3.63, 3.8) is 0 Å². The van der Waals surface area contributed by atoms with Gasteiger partial charge >= 0.3 is 0 Å². The van der Waals surface area contributed by atoms with Crippen LogP contribution in [0.25, 0.3) is 0 Å². The first-order valence-electron chi connectivity index (χ1n) is 5.91. The van der Waals surface area contributed by atoms with E-state index in [0.29, 0.717) is 6.04 Å². The van der Waals surface area contributed by atoms with Gasteiger partial charge in [-0.2, -0.15) is 11.8 Å². The molecule has 0 aromatic heterocycles. The Morgan fingerprint density at radius 2 is 2.31 bits per heavy atom. The van der Waals surface area contributed by atoms with Crippen molar-refractivity contribution in [3.8, 4) is 0 Å². The molecule has 0 saturated carbocycles. The minimum Gasteiger partial charge on any atom is -0.309 e. The molecule has 2 rings (SSSR count). The Morgan fingerprint density at radius 1 is 1.44 bits per heavy atom. The fraction of sp³-hybridized carbons (Fsp3) is 0.429. The van der Waals surface area contributed by atoms with Crippen molar-refractivity contribution in [3.05, 3.63) is 48.0 Å². The summed E-state index contributed by atoms with van der Waals surface area (Å²) in [5.41, 5.74) is 3.04. The van der Waals surface area contributed by atoms with Gasteiger partial charge < -0.3 is 5.32 Å². The average molecular weight is 233 g/mol. The largest absolute Gasteiger partial charge is 0.309 e. The first-order valence-corrected chi connectivity index (χ1v) is 7.07. The summed E-state index contributed by atoms with van der Waals surface area (Å²) in [6.45, 7) is 4.82. The highest BCUT2D eigenvalue weighted by Gasteiger charge is 2.20. The summed E-state index contributed by atoms with van der Waals surface area (Å²) < 4.78 is 0. The van der Waals surface area contributed by atoms with Crippen molar-refractivity contribution in [1.29, 1.82) is 0 Å². The average Bonchev–Trinajstić information content (AvgIpc) is 2.73. The third kappa shape index (κ3) is 2.89. The smallest absolute Gasteiger partial charge is 0.0326 e. The molecule has 16 heavy (non-hydrogen) atoms. The molecule has 86 valence electrons. The Balaban J connectivity index is 1.78. The minimum atomic E-state index is 0.584. The number of aryl methyl sites for hydroxylation is 1. The van der Waals surface area contributed by atoms with Gasteiger partial charge in [0.25, 0.3) is 0 Å². The second-order valence-corrected chi connectivity index (χ2v) is 5.26. The van der Waals surface area contributed by atoms with Crippen molar-refractivity contribution in [2.24, 2.45) is 0 Å². The van der Waals surface area contributed by atoms with Crippen LogP contribution in [0.2, 0.25) is 0 Å². The summed E-state index contributed by atoms with van der Waals surface area (Å²) in [4.78, 5) is 0. The lowest BCUT2D eigenvalue weighted by Crippen LogP contribution is -2.21. The molecule has 0 radical (unpaired) electrons. The van der Waals surface area contributed by atoms with Gasteiger partial charge in [0.15, 0.2) is 0 Å². The van der Waals surface area contributed by atoms with E-state index in [4.69, 9.17) is 0 Å². The Hall–Kier alpha value is -0.730. The molecule has 1 aliphatic rings. The minimum absolute atomic E-state index is 0.584. The highest BCUT2D eigenvalue weighted by Crippen LogP contribution is 2.30. The van der Waals surface area contributed by atoms with Crippen LogP contribution in [0.1, 0.15) is 23.6 Å². The summed E-state index contributed by atoms with van der Waals surface area (Å²) in [6.07, 6.45) is 4.45. The van der Waals surface area contributed by atoms with E-state index in [1.54, 1.807) is 0 Å². The molecule has 1 nitrogen and oxygen atoms in total. The molecule has 0 heterocycles. The van der Waals surface area contributed by atoms with Gasteiger partial charge in [-0.25, -0.2) is 0 Å². The van der Waals surface area contributed by atoms with Crippen molar-refractivity contribution < 1.29 is 0 Å². The molecule has 1 aliphatic carbocycles. The SMILES string of the molecule is C=CCSCCNC1CCc2ccccc21. The van der Waals surface area contributed by atoms with E-state index in [9.17, 15) is 0 Å². The molecule has 0 aliphatic heterocycles. The van der Waals surface area contributed by atoms with E-state index < -0.39 is 0 Å². The molecule has 2 heteroatoms. The van der Waals surface area contributed by atoms with Crippen LogP contribution < -0.4 is 5.32 Å². The van der Waals surface area contributed by atoms with Gasteiger partial charge in [0.2, 0.25) is 0 Å². The first-order chi connectivity index (χ1) is 7.92. The zero-order valence-electron chi connectivity index (χ0n) is 9.61. The maximum Gasteiger partial charge on any atom is 0.0326 e. The topological polar surface area (TPSA) is 12.0 Å². The Labute approximate surface area is 102 Å². The molecular weight excluding hydrogens is 214 g/mol. The van der Waals surface area contributed by atoms with E-state index in [0.717, 1.165) is 12.3 Å². The molecule has 1 aromatic carbocycles. The van der Waals surface area contributed by atoms with Crippen LogP contribution in [-0.4, -0.2) is 18.1 Å². The van der Waals surface area contributed by atoms with Crippen LogP contribution in [0.4, 0.5) is 0 Å². The van der Waals surface area contributed by atoms with Crippen LogP contribution in [0.15, 0.2) is 36.9 Å². The van der Waals surface area contributed by atoms with E-state index in [1.165, 1.54) is 29.7 Å². The van der Waals surface area contributed by atoms with Gasteiger partial charge in [-0.15, -0.1) is 6.58 Å². The molecule has 1 N–H and O–H groups in total. The summed E-state index contributed by atoms with van der Waals surface area (Å²) in [5.74, 6) is 2.23. The number of hydrogen-bond donors (Lipinski definition) is 1. The predicted molar refractivity (Wildman–Crippen MR) is 73.0 cm³/mol. The molecule has 1 unspecified atom stereocenters. The lowest BCUT2D eigenvalue weighted by molar-refractivity contribution is 0.552. The third-order valence-electron chi connectivity index (χ3n) is 3.01. The third-order valence-corrected chi connectivity index (χ3v) is 3.97. The zero-order chi connectivity index (χ0) is 11.2. The van der Waals surface area contributed by atoms with Gasteiger partial charge in [-0.05, 0) is 24.0 Å². The molecule has 1 atom stereocenters. The lowest BCUT2D eigenvalue weighted by Gasteiger charge is -2.13. The van der Waals surface area contributed by atoms with Crippen molar-refractivity contribution in [2.45, 2.75) is 18.9 Å². The van der Waals surface area contributed by atoms with Crippen LogP contribution in [0, 0.1) is 0 Å². The molecule has 0 bridgehead atoms. The quantitative estimate of drug-likeness (QED) is 0.598. The molecule has 0 amide bonds. The Bertz CT molecular complexity index is 348. The van der Waals surface area contributed by atoms with Crippen molar-refractivity contribution in [2.75, 3.05) is 18.1 Å². The van der Waals surface area contributed by atoms with Gasteiger partial charge in [-0.1, -0.05) is 30.3 Å². The second-order valence-electron chi connectivity index (χ2n) is 4.11. The first kappa shape index (κ1) is 11.7. The van der Waals surface area contributed by atoms with Crippen molar-refractivity contribution >= 4 is 11.8 Å². The predicted octanol–water partition coefficient (Wildman–Crippen LogP) is 3.18. The van der Waals surface area contributed by atoms with Gasteiger partial charge in [0.05, 0.1) is 0 Å². The molecule has 1 aromatic rings. The van der Waals surface area contributed by atoms with E-state index >= 15 is 0 Å². The molecular formula is C14H19NS. The maximum atomic E-state index is 3.72. The summed E-state index contributed by atoms with van der Waals surface area (Å²) in [6, 6.07) is 9.38. The molecule has 0 spiro atoms. The Kier molecular flexibility index (Phi) is 4.49. The summed E-state index contributed by atoms with van der Waals surface area (Å²) in [7, 11) is 0. The van der Waals surface area contributed by atoms with Crippen molar-refractivity contribution in [1.82, 2.24) is 5.32 Å². The fourth-order valence-electron chi connectivity index (χ4n) is 2.24. The zero-order valence-corrected chi connectivity index (χ0v) is 10.4. The van der Waals surface area contributed by atoms with Gasteiger partial charge in [0.1, 0.15) is 0 Å².